The summed E-state index contributed by atoms with van der Waals surface area (Å²) in [5.74, 6) is -1.36. The number of benzene rings is 2. The number of carbonyl (C=O) groups excluding carboxylic acids is 2. The Labute approximate surface area is 128 Å². The van der Waals surface area contributed by atoms with Crippen molar-refractivity contribution in [2.24, 2.45) is 0 Å². The van der Waals surface area contributed by atoms with E-state index < -0.39 is 18.0 Å². The van der Waals surface area contributed by atoms with Gasteiger partial charge in [0.15, 0.2) is 6.10 Å². The average Bonchev–Trinajstić information content (AvgIpc) is 2.49. The van der Waals surface area contributed by atoms with Gasteiger partial charge in [-0.3, -0.25) is 4.79 Å². The minimum Gasteiger partial charge on any atom is -0.507 e. The first-order chi connectivity index (χ1) is 10.5. The van der Waals surface area contributed by atoms with Crippen molar-refractivity contribution in [3.8, 4) is 5.75 Å². The molecule has 1 amide bonds. The van der Waals surface area contributed by atoms with E-state index >= 15 is 0 Å². The Hall–Kier alpha value is -2.82. The molecule has 114 valence electrons. The maximum atomic E-state index is 12.0. The molecule has 0 unspecified atom stereocenters. The van der Waals surface area contributed by atoms with Gasteiger partial charge in [0.1, 0.15) is 11.3 Å². The van der Waals surface area contributed by atoms with Gasteiger partial charge in [-0.2, -0.15) is 0 Å². The number of aryl methyl sites for hydroxylation is 1. The van der Waals surface area contributed by atoms with Crippen LogP contribution in [0.15, 0.2) is 48.5 Å². The summed E-state index contributed by atoms with van der Waals surface area (Å²) < 4.78 is 5.06. The molecule has 0 aromatic heterocycles. The van der Waals surface area contributed by atoms with E-state index in [9.17, 15) is 14.7 Å². The molecule has 5 nitrogen and oxygen atoms in total. The number of amides is 1. The molecule has 22 heavy (non-hydrogen) atoms. The maximum absolute atomic E-state index is 12.0. The predicted octanol–water partition coefficient (Wildman–Crippen LogP) is 2.88. The molecule has 0 fully saturated rings. The number of rotatable bonds is 4. The minimum atomic E-state index is -0.978. The van der Waals surface area contributed by atoms with Gasteiger partial charge in [0, 0.05) is 5.69 Å². The molecule has 0 radical (unpaired) electrons. The third-order valence-electron chi connectivity index (χ3n) is 3.10. The second-order valence-electron chi connectivity index (χ2n) is 4.92. The van der Waals surface area contributed by atoms with E-state index in [-0.39, 0.29) is 11.3 Å². The molecule has 2 N–H and O–H groups in total. The summed E-state index contributed by atoms with van der Waals surface area (Å²) in [5, 5.41) is 12.3. The third-order valence-corrected chi connectivity index (χ3v) is 3.10. The number of hydrogen-bond donors (Lipinski definition) is 2. The molecule has 0 spiro atoms. The number of anilines is 1. The number of aromatic hydroxyl groups is 1. The number of esters is 1. The summed E-state index contributed by atoms with van der Waals surface area (Å²) in [6, 6.07) is 13.3. The summed E-state index contributed by atoms with van der Waals surface area (Å²) >= 11 is 0. The summed E-state index contributed by atoms with van der Waals surface area (Å²) in [6.07, 6.45) is -0.978. The lowest BCUT2D eigenvalue weighted by atomic mass is 10.2. The fourth-order valence-corrected chi connectivity index (χ4v) is 1.80. The second kappa shape index (κ2) is 6.76. The molecule has 0 aliphatic carbocycles. The van der Waals surface area contributed by atoms with Gasteiger partial charge in [0.05, 0.1) is 0 Å². The van der Waals surface area contributed by atoms with Crippen molar-refractivity contribution in [2.75, 3.05) is 5.32 Å². The zero-order chi connectivity index (χ0) is 16.1. The van der Waals surface area contributed by atoms with Gasteiger partial charge in [-0.05, 0) is 38.1 Å². The SMILES string of the molecule is Cc1ccc(NC(=O)[C@H](C)OC(=O)c2ccccc2O)cc1. The molecule has 0 saturated heterocycles. The van der Waals surface area contributed by atoms with Crippen LogP contribution in [0.5, 0.6) is 5.75 Å². The quantitative estimate of drug-likeness (QED) is 0.851. The van der Waals surface area contributed by atoms with Crippen LogP contribution in [0.3, 0.4) is 0 Å². The Morgan fingerprint density at radius 3 is 2.36 bits per heavy atom. The first kappa shape index (κ1) is 15.6. The topological polar surface area (TPSA) is 75.6 Å². The molecule has 2 aromatic rings. The van der Waals surface area contributed by atoms with Gasteiger partial charge in [0.2, 0.25) is 0 Å². The average molecular weight is 299 g/mol. The van der Waals surface area contributed by atoms with Gasteiger partial charge < -0.3 is 15.2 Å². The summed E-state index contributed by atoms with van der Waals surface area (Å²) in [4.78, 5) is 23.9. The van der Waals surface area contributed by atoms with Crippen LogP contribution in [-0.4, -0.2) is 23.1 Å². The lowest BCUT2D eigenvalue weighted by molar-refractivity contribution is -0.123. The van der Waals surface area contributed by atoms with Crippen molar-refractivity contribution in [1.82, 2.24) is 0 Å². The molecule has 1 atom stereocenters. The smallest absolute Gasteiger partial charge is 0.342 e. The molecule has 2 rings (SSSR count). The standard InChI is InChI=1S/C17H17NO4/c1-11-7-9-13(10-8-11)18-16(20)12(2)22-17(21)14-5-3-4-6-15(14)19/h3-10,12,19H,1-2H3,(H,18,20)/t12-/m0/s1. The number of phenols is 1. The fraction of sp³-hybridized carbons (Fsp3) is 0.176. The molecule has 0 aliphatic rings. The van der Waals surface area contributed by atoms with Crippen LogP contribution in [0.4, 0.5) is 5.69 Å². The molecule has 0 bridgehead atoms. The summed E-state index contributed by atoms with van der Waals surface area (Å²) in [7, 11) is 0. The molecule has 0 aliphatic heterocycles. The third kappa shape index (κ3) is 3.85. The van der Waals surface area contributed by atoms with Crippen molar-refractivity contribution in [1.29, 1.82) is 0 Å². The van der Waals surface area contributed by atoms with E-state index in [0.29, 0.717) is 5.69 Å². The maximum Gasteiger partial charge on any atom is 0.342 e. The highest BCUT2D eigenvalue weighted by Crippen LogP contribution is 2.17. The number of carbonyl (C=O) groups is 2. The molecule has 5 heteroatoms. The first-order valence-corrected chi connectivity index (χ1v) is 6.84. The summed E-state index contributed by atoms with van der Waals surface area (Å²) in [5.41, 5.74) is 1.73. The lowest BCUT2D eigenvalue weighted by Gasteiger charge is -2.14. The second-order valence-corrected chi connectivity index (χ2v) is 4.92. The monoisotopic (exact) mass is 299 g/mol. The Morgan fingerprint density at radius 2 is 1.73 bits per heavy atom. The largest absolute Gasteiger partial charge is 0.507 e. The van der Waals surface area contributed by atoms with E-state index in [1.54, 1.807) is 24.3 Å². The van der Waals surface area contributed by atoms with Gasteiger partial charge in [0.25, 0.3) is 5.91 Å². The highest BCUT2D eigenvalue weighted by Gasteiger charge is 2.20. The highest BCUT2D eigenvalue weighted by atomic mass is 16.5. The normalized spacial score (nSPS) is 11.5. The van der Waals surface area contributed by atoms with E-state index in [1.165, 1.54) is 19.1 Å². The number of nitrogens with one attached hydrogen (secondary N) is 1. The van der Waals surface area contributed by atoms with Gasteiger partial charge in [-0.25, -0.2) is 4.79 Å². The van der Waals surface area contributed by atoms with Crippen LogP contribution in [0, 0.1) is 6.92 Å². The Kier molecular flexibility index (Phi) is 4.78. The molecule has 0 saturated carbocycles. The number of para-hydroxylation sites is 1. The van der Waals surface area contributed by atoms with E-state index in [0.717, 1.165) is 5.56 Å². The molecule has 2 aromatic carbocycles. The zero-order valence-corrected chi connectivity index (χ0v) is 12.4. The van der Waals surface area contributed by atoms with E-state index in [4.69, 9.17) is 4.74 Å². The zero-order valence-electron chi connectivity index (χ0n) is 12.4. The van der Waals surface area contributed by atoms with Crippen molar-refractivity contribution in [3.63, 3.8) is 0 Å². The predicted molar refractivity (Wildman–Crippen MR) is 82.8 cm³/mol. The van der Waals surface area contributed by atoms with Crippen LogP contribution in [0.1, 0.15) is 22.8 Å². The summed E-state index contributed by atoms with van der Waals surface area (Å²) in [6.45, 7) is 3.42. The molecular formula is C17H17NO4. The highest BCUT2D eigenvalue weighted by molar-refractivity contribution is 5.98. The van der Waals surface area contributed by atoms with Crippen molar-refractivity contribution in [2.45, 2.75) is 20.0 Å². The van der Waals surface area contributed by atoms with E-state index in [2.05, 4.69) is 5.32 Å². The Morgan fingerprint density at radius 1 is 1.09 bits per heavy atom. The number of phenolic OH excluding ortho intramolecular Hbond substituents is 1. The van der Waals surface area contributed by atoms with Crippen LogP contribution in [0.2, 0.25) is 0 Å². The van der Waals surface area contributed by atoms with Crippen molar-refractivity contribution in [3.05, 3.63) is 59.7 Å². The van der Waals surface area contributed by atoms with Crippen LogP contribution >= 0.6 is 0 Å². The van der Waals surface area contributed by atoms with Gasteiger partial charge >= 0.3 is 5.97 Å². The Bertz CT molecular complexity index is 679. The molecule has 0 heterocycles. The number of ether oxygens (including phenoxy) is 1. The van der Waals surface area contributed by atoms with Crippen LogP contribution in [0.25, 0.3) is 0 Å². The van der Waals surface area contributed by atoms with Crippen LogP contribution < -0.4 is 5.32 Å². The first-order valence-electron chi connectivity index (χ1n) is 6.84. The minimum absolute atomic E-state index is 0.0254. The molecular weight excluding hydrogens is 282 g/mol. The van der Waals surface area contributed by atoms with Gasteiger partial charge in [-0.1, -0.05) is 29.8 Å². The fourth-order valence-electron chi connectivity index (χ4n) is 1.80. The van der Waals surface area contributed by atoms with Crippen LogP contribution in [-0.2, 0) is 9.53 Å². The Balaban J connectivity index is 1.98. The number of hydrogen-bond acceptors (Lipinski definition) is 4. The van der Waals surface area contributed by atoms with Crippen molar-refractivity contribution < 1.29 is 19.4 Å². The lowest BCUT2D eigenvalue weighted by Crippen LogP contribution is -2.30. The van der Waals surface area contributed by atoms with Gasteiger partial charge in [-0.15, -0.1) is 0 Å². The van der Waals surface area contributed by atoms with E-state index in [1.807, 2.05) is 19.1 Å². The van der Waals surface area contributed by atoms with Crippen molar-refractivity contribution >= 4 is 17.6 Å².